The quantitative estimate of drug-likeness (QED) is 0.170. The molecule has 29 heavy (non-hydrogen) atoms. The largest absolute Gasteiger partial charge is 0.481 e. The summed E-state index contributed by atoms with van der Waals surface area (Å²) < 4.78 is 0. The Morgan fingerprint density at radius 2 is 1.31 bits per heavy atom. The van der Waals surface area contributed by atoms with Gasteiger partial charge < -0.3 is 37.6 Å². The van der Waals surface area contributed by atoms with Crippen molar-refractivity contribution in [2.75, 3.05) is 0 Å². The molecular formula is C16H27N5O8. The van der Waals surface area contributed by atoms with Crippen LogP contribution in [0, 0.1) is 5.92 Å². The molecule has 0 aliphatic rings. The lowest BCUT2D eigenvalue weighted by Gasteiger charge is -2.23. The zero-order valence-corrected chi connectivity index (χ0v) is 16.3. The summed E-state index contributed by atoms with van der Waals surface area (Å²) in [5.41, 5.74) is 10.7. The van der Waals surface area contributed by atoms with Crippen LogP contribution in [0.25, 0.3) is 0 Å². The lowest BCUT2D eigenvalue weighted by molar-refractivity contribution is -0.147. The zero-order chi connectivity index (χ0) is 22.9. The lowest BCUT2D eigenvalue weighted by atomic mass is 10.0. The monoisotopic (exact) mass is 417 g/mol. The molecule has 0 rings (SSSR count). The lowest BCUT2D eigenvalue weighted by Crippen LogP contribution is -2.57. The Morgan fingerprint density at radius 3 is 1.72 bits per heavy atom. The highest BCUT2D eigenvalue weighted by molar-refractivity contribution is 5.96. The molecule has 13 heteroatoms. The molecular weight excluding hydrogens is 390 g/mol. The van der Waals surface area contributed by atoms with Crippen molar-refractivity contribution in [2.45, 2.75) is 57.8 Å². The SMILES string of the molecule is CC(NC(=O)C(N)C(C)C)C(=O)NC(CC(N)=O)C(=O)NC(CC(=O)O)C(=O)O. The van der Waals surface area contributed by atoms with E-state index in [4.69, 9.17) is 21.7 Å². The molecule has 0 saturated heterocycles. The Labute approximate surface area is 166 Å². The first-order chi connectivity index (χ1) is 13.3. The van der Waals surface area contributed by atoms with E-state index in [0.29, 0.717) is 0 Å². The molecule has 4 atom stereocenters. The Kier molecular flexibility index (Phi) is 10.3. The number of carboxylic acid groups (broad SMARTS) is 2. The second-order valence-corrected chi connectivity index (χ2v) is 6.73. The van der Waals surface area contributed by atoms with Gasteiger partial charge in [-0.3, -0.25) is 24.0 Å². The average Bonchev–Trinajstić information content (AvgIpc) is 2.58. The summed E-state index contributed by atoms with van der Waals surface area (Å²) in [5.74, 6) is -6.86. The van der Waals surface area contributed by atoms with Crippen LogP contribution in [0.4, 0.5) is 0 Å². The van der Waals surface area contributed by atoms with E-state index in [1.165, 1.54) is 6.92 Å². The highest BCUT2D eigenvalue weighted by atomic mass is 16.4. The van der Waals surface area contributed by atoms with E-state index >= 15 is 0 Å². The van der Waals surface area contributed by atoms with Crippen molar-refractivity contribution in [3.8, 4) is 0 Å². The Balaban J connectivity index is 5.17. The summed E-state index contributed by atoms with van der Waals surface area (Å²) in [4.78, 5) is 69.4. The molecule has 164 valence electrons. The first-order valence-corrected chi connectivity index (χ1v) is 8.65. The van der Waals surface area contributed by atoms with E-state index in [2.05, 4.69) is 10.6 Å². The van der Waals surface area contributed by atoms with Gasteiger partial charge in [0.25, 0.3) is 0 Å². The number of hydrogen-bond donors (Lipinski definition) is 7. The van der Waals surface area contributed by atoms with Crippen LogP contribution in [0.2, 0.25) is 0 Å². The van der Waals surface area contributed by atoms with Crippen molar-refractivity contribution in [3.63, 3.8) is 0 Å². The van der Waals surface area contributed by atoms with Crippen LogP contribution in [0.5, 0.6) is 0 Å². The number of nitrogens with one attached hydrogen (secondary N) is 3. The number of hydrogen-bond acceptors (Lipinski definition) is 7. The third-order valence-electron chi connectivity index (χ3n) is 3.80. The Morgan fingerprint density at radius 1 is 0.793 bits per heavy atom. The normalized spacial score (nSPS) is 14.8. The number of rotatable bonds is 12. The molecule has 0 fully saturated rings. The van der Waals surface area contributed by atoms with Crippen LogP contribution in [0.3, 0.4) is 0 Å². The predicted molar refractivity (Wildman–Crippen MR) is 98.0 cm³/mol. The number of primary amides is 1. The molecule has 0 radical (unpaired) electrons. The molecule has 0 aliphatic heterocycles. The van der Waals surface area contributed by atoms with Crippen LogP contribution in [0.1, 0.15) is 33.6 Å². The van der Waals surface area contributed by atoms with Crippen LogP contribution in [-0.2, 0) is 28.8 Å². The number of nitrogens with two attached hydrogens (primary N) is 2. The van der Waals surface area contributed by atoms with Crippen molar-refractivity contribution in [1.29, 1.82) is 0 Å². The second kappa shape index (κ2) is 11.6. The van der Waals surface area contributed by atoms with Gasteiger partial charge in [0.05, 0.1) is 18.9 Å². The number of aliphatic carboxylic acids is 2. The first-order valence-electron chi connectivity index (χ1n) is 8.65. The highest BCUT2D eigenvalue weighted by Crippen LogP contribution is 2.01. The van der Waals surface area contributed by atoms with Gasteiger partial charge in [0.2, 0.25) is 23.6 Å². The molecule has 0 spiro atoms. The summed E-state index contributed by atoms with van der Waals surface area (Å²) >= 11 is 0. The molecule has 0 aliphatic carbocycles. The highest BCUT2D eigenvalue weighted by Gasteiger charge is 2.31. The maximum atomic E-state index is 12.3. The topological polar surface area (TPSA) is 231 Å². The molecule has 4 amide bonds. The van der Waals surface area contributed by atoms with Gasteiger partial charge in [0.1, 0.15) is 18.1 Å². The average molecular weight is 417 g/mol. The summed E-state index contributed by atoms with van der Waals surface area (Å²) in [5, 5.41) is 24.1. The maximum absolute atomic E-state index is 12.3. The molecule has 0 aromatic heterocycles. The minimum Gasteiger partial charge on any atom is -0.481 e. The summed E-state index contributed by atoms with van der Waals surface area (Å²) in [6, 6.07) is -5.37. The fourth-order valence-corrected chi connectivity index (χ4v) is 2.03. The van der Waals surface area contributed by atoms with Crippen molar-refractivity contribution in [2.24, 2.45) is 17.4 Å². The second-order valence-electron chi connectivity index (χ2n) is 6.73. The van der Waals surface area contributed by atoms with Crippen LogP contribution >= 0.6 is 0 Å². The number of carbonyl (C=O) groups is 6. The van der Waals surface area contributed by atoms with Gasteiger partial charge in [-0.1, -0.05) is 13.8 Å². The van der Waals surface area contributed by atoms with Crippen molar-refractivity contribution >= 4 is 35.6 Å². The van der Waals surface area contributed by atoms with Gasteiger partial charge in [-0.25, -0.2) is 4.79 Å². The van der Waals surface area contributed by atoms with Gasteiger partial charge in [-0.05, 0) is 12.8 Å². The fraction of sp³-hybridized carbons (Fsp3) is 0.625. The molecule has 0 aromatic carbocycles. The molecule has 0 heterocycles. The number of carboxylic acids is 2. The van der Waals surface area contributed by atoms with Gasteiger partial charge in [-0.2, -0.15) is 0 Å². The Bertz CT molecular complexity index is 666. The van der Waals surface area contributed by atoms with E-state index in [1.807, 2.05) is 5.32 Å². The Hall–Kier alpha value is -3.22. The smallest absolute Gasteiger partial charge is 0.326 e. The minimum absolute atomic E-state index is 0.194. The van der Waals surface area contributed by atoms with Crippen molar-refractivity contribution in [1.82, 2.24) is 16.0 Å². The van der Waals surface area contributed by atoms with E-state index in [1.54, 1.807) is 13.8 Å². The molecule has 13 nitrogen and oxygen atoms in total. The number of amides is 4. The third-order valence-corrected chi connectivity index (χ3v) is 3.80. The maximum Gasteiger partial charge on any atom is 0.326 e. The third kappa shape index (κ3) is 9.51. The molecule has 0 bridgehead atoms. The molecule has 4 unspecified atom stereocenters. The standard InChI is InChI=1S/C16H27N5O8/c1-6(2)12(18)15(27)19-7(3)13(25)20-8(4-10(17)22)14(26)21-9(16(28)29)5-11(23)24/h6-9,12H,4-5,18H2,1-3H3,(H2,17,22)(H,19,27)(H,20,25)(H,21,26)(H,23,24)(H,28,29). The first kappa shape index (κ1) is 25.8. The van der Waals surface area contributed by atoms with Crippen molar-refractivity contribution in [3.05, 3.63) is 0 Å². The predicted octanol–water partition coefficient (Wildman–Crippen LogP) is -3.12. The zero-order valence-electron chi connectivity index (χ0n) is 16.3. The van der Waals surface area contributed by atoms with Gasteiger partial charge in [0.15, 0.2) is 0 Å². The van der Waals surface area contributed by atoms with Crippen LogP contribution in [-0.4, -0.2) is 69.9 Å². The van der Waals surface area contributed by atoms with E-state index in [9.17, 15) is 28.8 Å². The van der Waals surface area contributed by atoms with E-state index < -0.39 is 72.6 Å². The van der Waals surface area contributed by atoms with Gasteiger partial charge in [0, 0.05) is 0 Å². The van der Waals surface area contributed by atoms with Gasteiger partial charge in [-0.15, -0.1) is 0 Å². The molecule has 9 N–H and O–H groups in total. The van der Waals surface area contributed by atoms with Crippen LogP contribution in [0.15, 0.2) is 0 Å². The van der Waals surface area contributed by atoms with E-state index in [-0.39, 0.29) is 5.92 Å². The fourth-order valence-electron chi connectivity index (χ4n) is 2.03. The van der Waals surface area contributed by atoms with Gasteiger partial charge >= 0.3 is 11.9 Å². The van der Waals surface area contributed by atoms with Crippen LogP contribution < -0.4 is 27.4 Å². The van der Waals surface area contributed by atoms with Crippen molar-refractivity contribution < 1.29 is 39.0 Å². The summed E-state index contributed by atoms with van der Waals surface area (Å²) in [6.07, 6.45) is -1.60. The van der Waals surface area contributed by atoms with E-state index in [0.717, 1.165) is 0 Å². The molecule has 0 saturated carbocycles. The minimum atomic E-state index is -1.78. The summed E-state index contributed by atoms with van der Waals surface area (Å²) in [7, 11) is 0. The molecule has 0 aromatic rings. The number of carbonyl (C=O) groups excluding carboxylic acids is 4. The summed E-state index contributed by atoms with van der Waals surface area (Å²) in [6.45, 7) is 4.72.